The first-order valence-electron chi connectivity index (χ1n) is 12.1. The number of anilines is 1. The normalized spacial score (nSPS) is 13.6. The number of rotatable bonds is 15. The number of aromatic nitrogens is 4. The summed E-state index contributed by atoms with van der Waals surface area (Å²) in [5.74, 6) is -0.414. The highest BCUT2D eigenvalue weighted by Crippen LogP contribution is 2.46. The molecule has 0 saturated heterocycles. The topological polar surface area (TPSA) is 147 Å². The van der Waals surface area contributed by atoms with Crippen molar-refractivity contribution in [2.24, 2.45) is 5.92 Å². The van der Waals surface area contributed by atoms with Crippen LogP contribution in [0, 0.1) is 17.2 Å². The molecule has 0 spiro atoms. The maximum absolute atomic E-state index is 12.4. The lowest BCUT2D eigenvalue weighted by atomic mass is 10.2. The number of fused-ring (bicyclic) bond motifs is 1. The Balaban J connectivity index is 2.10. The number of imidazole rings is 1. The number of nitriles is 1. The lowest BCUT2D eigenvalue weighted by Crippen LogP contribution is -2.34. The number of hydrogen-bond donors (Lipinski definition) is 2. The van der Waals surface area contributed by atoms with Crippen LogP contribution < -0.4 is 10.9 Å². The van der Waals surface area contributed by atoms with Crippen molar-refractivity contribution in [3.8, 4) is 6.07 Å². The second-order valence-corrected chi connectivity index (χ2v) is 10.6. The minimum atomic E-state index is -1.37. The van der Waals surface area contributed by atoms with Gasteiger partial charge in [-0.1, -0.05) is 13.8 Å². The summed E-state index contributed by atoms with van der Waals surface area (Å²) < 4.78 is 21.7. The van der Waals surface area contributed by atoms with Crippen molar-refractivity contribution in [2.45, 2.75) is 79.1 Å². The van der Waals surface area contributed by atoms with Gasteiger partial charge in [0.25, 0.3) is 14.1 Å². The zero-order valence-electron chi connectivity index (χ0n) is 22.1. The SMILES string of the molecule is COC(CCn1cnc2c(=O)[nH]c(NC(=O)C(C)C)nc21)COP(OCCC#N)N(C(C)C)C(C)C. The molecular weight excluding hydrogens is 485 g/mol. The first-order chi connectivity index (χ1) is 17.1. The predicted molar refractivity (Wildman–Crippen MR) is 138 cm³/mol. The number of nitrogens with zero attached hydrogens (tertiary/aromatic N) is 5. The summed E-state index contributed by atoms with van der Waals surface area (Å²) in [5, 5.41) is 11.5. The number of aryl methyl sites for hydroxylation is 1. The van der Waals surface area contributed by atoms with Crippen molar-refractivity contribution in [1.82, 2.24) is 24.2 Å². The van der Waals surface area contributed by atoms with Gasteiger partial charge >= 0.3 is 0 Å². The van der Waals surface area contributed by atoms with Crippen LogP contribution >= 0.6 is 8.53 Å². The summed E-state index contributed by atoms with van der Waals surface area (Å²) in [5.41, 5.74) is 0.148. The van der Waals surface area contributed by atoms with Crippen molar-refractivity contribution in [2.75, 3.05) is 25.6 Å². The number of amides is 1. The second-order valence-electron chi connectivity index (χ2n) is 9.16. The summed E-state index contributed by atoms with van der Waals surface area (Å²) in [6, 6.07) is 2.50. The maximum atomic E-state index is 12.4. The number of aromatic amines is 1. The molecule has 2 aromatic heterocycles. The molecular formula is C23H38N7O5P. The van der Waals surface area contributed by atoms with E-state index in [1.807, 2.05) is 0 Å². The molecule has 0 bridgehead atoms. The van der Waals surface area contributed by atoms with Gasteiger partial charge in [0.15, 0.2) is 11.2 Å². The van der Waals surface area contributed by atoms with Gasteiger partial charge in [0.1, 0.15) is 0 Å². The highest BCUT2D eigenvalue weighted by Gasteiger charge is 2.28. The van der Waals surface area contributed by atoms with Crippen LogP contribution in [0.2, 0.25) is 0 Å². The van der Waals surface area contributed by atoms with Crippen LogP contribution in [-0.2, 0) is 25.1 Å². The molecule has 0 aliphatic carbocycles. The standard InChI is InChI=1S/C23H38N7O5P/c1-15(2)21(31)27-23-26-20-19(22(32)28-23)25-14-29(20)11-9-18(33-7)13-35-36(34-12-8-10-24)30(16(3)4)17(5)6/h14-18H,8-9,11-13H2,1-7H3,(H2,26,27,28,31,32). The van der Waals surface area contributed by atoms with Crippen molar-refractivity contribution in [3.05, 3.63) is 16.7 Å². The van der Waals surface area contributed by atoms with Gasteiger partial charge in [0.05, 0.1) is 38.1 Å². The third kappa shape index (κ3) is 8.32. The van der Waals surface area contributed by atoms with E-state index in [1.165, 1.54) is 0 Å². The number of nitrogens with one attached hydrogen (secondary N) is 2. The Bertz CT molecular complexity index is 1070. The number of carbonyl (C=O) groups excluding carboxylic acids is 1. The van der Waals surface area contributed by atoms with E-state index >= 15 is 0 Å². The van der Waals surface area contributed by atoms with Gasteiger partial charge in [-0.3, -0.25) is 19.9 Å². The van der Waals surface area contributed by atoms with Crippen LogP contribution in [0.25, 0.3) is 11.2 Å². The molecule has 2 aromatic rings. The molecule has 0 saturated carbocycles. The number of carbonyl (C=O) groups is 1. The van der Waals surface area contributed by atoms with Crippen LogP contribution in [0.1, 0.15) is 54.4 Å². The zero-order chi connectivity index (χ0) is 26.8. The lowest BCUT2D eigenvalue weighted by Gasteiger charge is -2.36. The third-order valence-electron chi connectivity index (χ3n) is 5.30. The zero-order valence-corrected chi connectivity index (χ0v) is 23.0. The lowest BCUT2D eigenvalue weighted by molar-refractivity contribution is -0.118. The fraction of sp³-hybridized carbons (Fsp3) is 0.696. The molecule has 0 aromatic carbocycles. The van der Waals surface area contributed by atoms with Crippen LogP contribution in [0.15, 0.2) is 11.1 Å². The smallest absolute Gasteiger partial charge is 0.280 e. The Labute approximate surface area is 213 Å². The Hall–Kier alpha value is -2.42. The molecule has 200 valence electrons. The van der Waals surface area contributed by atoms with Gasteiger partial charge in [-0.05, 0) is 34.1 Å². The van der Waals surface area contributed by atoms with E-state index in [-0.39, 0.29) is 41.5 Å². The summed E-state index contributed by atoms with van der Waals surface area (Å²) >= 11 is 0. The Morgan fingerprint density at radius 3 is 2.53 bits per heavy atom. The van der Waals surface area contributed by atoms with Gasteiger partial charge in [0.2, 0.25) is 11.9 Å². The molecule has 2 heterocycles. The van der Waals surface area contributed by atoms with Crippen molar-refractivity contribution in [3.63, 3.8) is 0 Å². The van der Waals surface area contributed by atoms with Gasteiger partial charge < -0.3 is 18.4 Å². The van der Waals surface area contributed by atoms with Crippen LogP contribution in [0.3, 0.4) is 0 Å². The molecule has 2 N–H and O–H groups in total. The fourth-order valence-corrected chi connectivity index (χ4v) is 5.09. The van der Waals surface area contributed by atoms with Gasteiger partial charge in [-0.2, -0.15) is 10.2 Å². The van der Waals surface area contributed by atoms with Crippen LogP contribution in [0.4, 0.5) is 5.95 Å². The molecule has 0 aliphatic rings. The molecule has 2 rings (SSSR count). The molecule has 2 atom stereocenters. The summed E-state index contributed by atoms with van der Waals surface area (Å²) in [7, 11) is 0.241. The second kappa shape index (κ2) is 14.4. The molecule has 12 nitrogen and oxygen atoms in total. The molecule has 0 radical (unpaired) electrons. The number of H-pyrrole nitrogens is 1. The molecule has 0 aliphatic heterocycles. The van der Waals surface area contributed by atoms with E-state index in [4.69, 9.17) is 19.0 Å². The van der Waals surface area contributed by atoms with Gasteiger partial charge in [0, 0.05) is 31.7 Å². The van der Waals surface area contributed by atoms with E-state index in [1.54, 1.807) is 31.9 Å². The van der Waals surface area contributed by atoms with Crippen LogP contribution in [-0.4, -0.2) is 68.6 Å². The molecule has 0 fully saturated rings. The van der Waals surface area contributed by atoms with Crippen molar-refractivity contribution >= 4 is 31.5 Å². The number of ether oxygens (including phenoxy) is 1. The maximum Gasteiger partial charge on any atom is 0.280 e. The van der Waals surface area contributed by atoms with E-state index in [0.717, 1.165) is 0 Å². The van der Waals surface area contributed by atoms with Gasteiger partial charge in [-0.25, -0.2) is 9.65 Å². The minimum Gasteiger partial charge on any atom is -0.379 e. The van der Waals surface area contributed by atoms with E-state index in [9.17, 15) is 9.59 Å². The average molecular weight is 524 g/mol. The molecule has 2 unspecified atom stereocenters. The monoisotopic (exact) mass is 523 g/mol. The summed E-state index contributed by atoms with van der Waals surface area (Å²) in [6.45, 7) is 12.9. The first kappa shape index (κ1) is 29.8. The molecule has 13 heteroatoms. The van der Waals surface area contributed by atoms with E-state index in [0.29, 0.717) is 38.2 Å². The van der Waals surface area contributed by atoms with E-state index < -0.39 is 14.1 Å². The minimum absolute atomic E-state index is 0.0854. The largest absolute Gasteiger partial charge is 0.379 e. The van der Waals surface area contributed by atoms with Crippen molar-refractivity contribution in [1.29, 1.82) is 5.26 Å². The Morgan fingerprint density at radius 2 is 1.94 bits per heavy atom. The predicted octanol–water partition coefficient (Wildman–Crippen LogP) is 3.41. The quantitative estimate of drug-likeness (QED) is 0.265. The number of methoxy groups -OCH3 is 1. The third-order valence-corrected chi connectivity index (χ3v) is 7.37. The summed E-state index contributed by atoms with van der Waals surface area (Å²) in [6.07, 6.45) is 2.15. The number of hydrogen-bond acceptors (Lipinski definition) is 9. The van der Waals surface area contributed by atoms with E-state index in [2.05, 4.69) is 58.7 Å². The van der Waals surface area contributed by atoms with Gasteiger partial charge in [-0.15, -0.1) is 0 Å². The molecule has 1 amide bonds. The fourth-order valence-electron chi connectivity index (χ4n) is 3.45. The Kier molecular flexibility index (Phi) is 11.9. The van der Waals surface area contributed by atoms with Crippen LogP contribution in [0.5, 0.6) is 0 Å². The molecule has 36 heavy (non-hydrogen) atoms. The average Bonchev–Trinajstić information content (AvgIpc) is 3.21. The van der Waals surface area contributed by atoms with Crippen molar-refractivity contribution < 1.29 is 18.6 Å². The highest BCUT2D eigenvalue weighted by molar-refractivity contribution is 7.44. The summed E-state index contributed by atoms with van der Waals surface area (Å²) in [4.78, 5) is 35.6. The first-order valence-corrected chi connectivity index (χ1v) is 13.2. The Morgan fingerprint density at radius 1 is 1.25 bits per heavy atom. The highest BCUT2D eigenvalue weighted by atomic mass is 31.2.